The van der Waals surface area contributed by atoms with Gasteiger partial charge in [0.25, 0.3) is 0 Å². The zero-order chi connectivity index (χ0) is 34.2. The van der Waals surface area contributed by atoms with Gasteiger partial charge >= 0.3 is 0 Å². The van der Waals surface area contributed by atoms with E-state index in [9.17, 15) is 0 Å². The normalized spacial score (nSPS) is 11.8. The molecule has 242 valence electrons. The second-order valence-corrected chi connectivity index (χ2v) is 13.3. The Hall–Kier alpha value is -7.11. The van der Waals surface area contributed by atoms with Gasteiger partial charge in [0.1, 0.15) is 5.65 Å². The first-order chi connectivity index (χ1) is 25.8. The molecule has 5 nitrogen and oxygen atoms in total. The minimum absolute atomic E-state index is 0.682. The maximum Gasteiger partial charge on any atom is 0.162 e. The van der Waals surface area contributed by atoms with Crippen LogP contribution in [0.2, 0.25) is 0 Å². The second kappa shape index (κ2) is 11.2. The number of pyridine rings is 1. The SMILES string of the molecule is c1ccc(-c2nc(-c3ccccc3)c3c4ccccc4c4nc5ccc(-c6ccc7c(c6)c6ccccc6n7-c6ccccc6)cc5n4c3n2)cc1. The van der Waals surface area contributed by atoms with Crippen LogP contribution in [0.3, 0.4) is 0 Å². The maximum absolute atomic E-state index is 5.35. The van der Waals surface area contributed by atoms with Gasteiger partial charge in [-0.25, -0.2) is 15.0 Å². The molecule has 0 bridgehead atoms. The third-order valence-corrected chi connectivity index (χ3v) is 10.3. The topological polar surface area (TPSA) is 48.0 Å². The lowest BCUT2D eigenvalue weighted by Crippen LogP contribution is -2.01. The molecule has 0 amide bonds. The van der Waals surface area contributed by atoms with Gasteiger partial charge in [-0.05, 0) is 59.0 Å². The summed E-state index contributed by atoms with van der Waals surface area (Å²) >= 11 is 0. The highest BCUT2D eigenvalue weighted by Gasteiger charge is 2.21. The Morgan fingerprint density at radius 2 is 0.981 bits per heavy atom. The lowest BCUT2D eigenvalue weighted by Gasteiger charge is -2.14. The molecule has 11 rings (SSSR count). The van der Waals surface area contributed by atoms with Crippen LogP contribution in [0, 0.1) is 0 Å². The fraction of sp³-hybridized carbons (Fsp3) is 0. The third kappa shape index (κ3) is 4.26. The highest BCUT2D eigenvalue weighted by molar-refractivity contribution is 6.17. The van der Waals surface area contributed by atoms with E-state index < -0.39 is 0 Å². The fourth-order valence-electron chi connectivity index (χ4n) is 7.93. The molecule has 4 heterocycles. The second-order valence-electron chi connectivity index (χ2n) is 13.3. The van der Waals surface area contributed by atoms with Crippen molar-refractivity contribution in [1.82, 2.24) is 23.9 Å². The lowest BCUT2D eigenvalue weighted by atomic mass is 10.0. The summed E-state index contributed by atoms with van der Waals surface area (Å²) in [6.45, 7) is 0. The number of hydrogen-bond donors (Lipinski definition) is 0. The summed E-state index contributed by atoms with van der Waals surface area (Å²) < 4.78 is 4.60. The van der Waals surface area contributed by atoms with Gasteiger partial charge in [0.2, 0.25) is 0 Å². The predicted molar refractivity (Wildman–Crippen MR) is 214 cm³/mol. The van der Waals surface area contributed by atoms with Gasteiger partial charge in [-0.3, -0.25) is 4.40 Å². The van der Waals surface area contributed by atoms with Crippen molar-refractivity contribution in [3.63, 3.8) is 0 Å². The van der Waals surface area contributed by atoms with E-state index in [0.717, 1.165) is 72.1 Å². The van der Waals surface area contributed by atoms with E-state index in [0.29, 0.717) is 5.82 Å². The van der Waals surface area contributed by atoms with Gasteiger partial charge in [0.15, 0.2) is 11.5 Å². The summed E-state index contributed by atoms with van der Waals surface area (Å²) in [5.41, 5.74) is 12.4. The molecule has 0 fully saturated rings. The fourth-order valence-corrected chi connectivity index (χ4v) is 7.93. The Morgan fingerprint density at radius 3 is 1.77 bits per heavy atom. The molecule has 0 aliphatic carbocycles. The van der Waals surface area contributed by atoms with Crippen molar-refractivity contribution in [2.45, 2.75) is 0 Å². The van der Waals surface area contributed by atoms with E-state index in [1.54, 1.807) is 0 Å². The zero-order valence-electron chi connectivity index (χ0n) is 28.0. The van der Waals surface area contributed by atoms with Crippen LogP contribution in [0.1, 0.15) is 0 Å². The number of imidazole rings is 1. The molecule has 0 aliphatic heterocycles. The Balaban J connectivity index is 1.21. The molecule has 0 spiro atoms. The summed E-state index contributed by atoms with van der Waals surface area (Å²) in [5.74, 6) is 0.682. The van der Waals surface area contributed by atoms with E-state index in [1.165, 1.54) is 21.8 Å². The quantitative estimate of drug-likeness (QED) is 0.176. The van der Waals surface area contributed by atoms with Crippen molar-refractivity contribution in [3.05, 3.63) is 176 Å². The Kier molecular flexibility index (Phi) is 6.18. The molecule has 0 unspecified atom stereocenters. The molecule has 0 aliphatic rings. The van der Waals surface area contributed by atoms with Crippen molar-refractivity contribution < 1.29 is 0 Å². The maximum atomic E-state index is 5.35. The van der Waals surface area contributed by atoms with Gasteiger partial charge in [0, 0.05) is 33.0 Å². The van der Waals surface area contributed by atoms with Crippen molar-refractivity contribution >= 4 is 60.3 Å². The first kappa shape index (κ1) is 28.7. The summed E-state index contributed by atoms with van der Waals surface area (Å²) in [4.78, 5) is 15.9. The predicted octanol–water partition coefficient (Wildman–Crippen LogP) is 11.7. The summed E-state index contributed by atoms with van der Waals surface area (Å²) in [6.07, 6.45) is 0. The van der Waals surface area contributed by atoms with Crippen molar-refractivity contribution in [3.8, 4) is 39.5 Å². The molecular weight excluding hydrogens is 635 g/mol. The van der Waals surface area contributed by atoms with Gasteiger partial charge < -0.3 is 4.57 Å². The van der Waals surface area contributed by atoms with Gasteiger partial charge in [-0.1, -0.05) is 133 Å². The summed E-state index contributed by atoms with van der Waals surface area (Å²) in [7, 11) is 0. The third-order valence-electron chi connectivity index (χ3n) is 10.3. The number of benzene rings is 7. The van der Waals surface area contributed by atoms with Gasteiger partial charge in [0.05, 0.1) is 33.1 Å². The average molecular weight is 664 g/mol. The standard InChI is InChI=1S/C47H29N5/c1-4-14-30(15-5-1)44-43-36-21-10-11-22-37(36)46-48-39-26-24-33(29-42(39)52(46)47(43)50-45(49-44)31-16-6-2-7-17-31)32-25-27-41-38(28-32)35-20-12-13-23-40(35)51(41)34-18-8-3-9-19-34/h1-29H. The van der Waals surface area contributed by atoms with Crippen LogP contribution in [0.4, 0.5) is 0 Å². The van der Waals surface area contributed by atoms with Crippen LogP contribution in [0.15, 0.2) is 176 Å². The number of para-hydroxylation sites is 2. The van der Waals surface area contributed by atoms with Crippen LogP contribution < -0.4 is 0 Å². The molecular formula is C47H29N5. The monoisotopic (exact) mass is 663 g/mol. The highest BCUT2D eigenvalue weighted by atomic mass is 15.1. The number of fused-ring (bicyclic) bond motifs is 11. The molecule has 5 heteroatoms. The van der Waals surface area contributed by atoms with E-state index >= 15 is 0 Å². The molecule has 0 atom stereocenters. The molecule has 7 aromatic carbocycles. The van der Waals surface area contributed by atoms with Crippen LogP contribution in [-0.2, 0) is 0 Å². The van der Waals surface area contributed by atoms with E-state index in [-0.39, 0.29) is 0 Å². The molecule has 0 saturated carbocycles. The Morgan fingerprint density at radius 1 is 0.365 bits per heavy atom. The van der Waals surface area contributed by atoms with Crippen LogP contribution in [-0.4, -0.2) is 23.9 Å². The molecule has 11 aromatic rings. The Bertz CT molecular complexity index is 3160. The van der Waals surface area contributed by atoms with Crippen LogP contribution >= 0.6 is 0 Å². The minimum Gasteiger partial charge on any atom is -0.309 e. The van der Waals surface area contributed by atoms with Crippen molar-refractivity contribution in [2.75, 3.05) is 0 Å². The van der Waals surface area contributed by atoms with E-state index in [4.69, 9.17) is 15.0 Å². The molecule has 52 heavy (non-hydrogen) atoms. The average Bonchev–Trinajstić information content (AvgIpc) is 3.77. The smallest absolute Gasteiger partial charge is 0.162 e. The summed E-state index contributed by atoms with van der Waals surface area (Å²) in [6, 6.07) is 61.9. The van der Waals surface area contributed by atoms with Crippen molar-refractivity contribution in [1.29, 1.82) is 0 Å². The van der Waals surface area contributed by atoms with E-state index in [2.05, 4.69) is 161 Å². The summed E-state index contributed by atoms with van der Waals surface area (Å²) in [5, 5.41) is 5.61. The number of hydrogen-bond acceptors (Lipinski definition) is 3. The van der Waals surface area contributed by atoms with E-state index in [1.807, 2.05) is 24.3 Å². The zero-order valence-corrected chi connectivity index (χ0v) is 28.0. The van der Waals surface area contributed by atoms with Crippen LogP contribution in [0.25, 0.3) is 99.8 Å². The van der Waals surface area contributed by atoms with Gasteiger partial charge in [-0.2, -0.15) is 0 Å². The molecule has 0 N–H and O–H groups in total. The minimum atomic E-state index is 0.682. The number of rotatable bonds is 4. The number of aromatic nitrogens is 5. The molecule has 4 aromatic heterocycles. The highest BCUT2D eigenvalue weighted by Crippen LogP contribution is 2.39. The largest absolute Gasteiger partial charge is 0.309 e. The van der Waals surface area contributed by atoms with Crippen LogP contribution in [0.5, 0.6) is 0 Å². The number of nitrogens with zero attached hydrogens (tertiary/aromatic N) is 5. The molecule has 0 radical (unpaired) electrons. The van der Waals surface area contributed by atoms with Gasteiger partial charge in [-0.15, -0.1) is 0 Å². The van der Waals surface area contributed by atoms with Crippen molar-refractivity contribution in [2.24, 2.45) is 0 Å². The lowest BCUT2D eigenvalue weighted by molar-refractivity contribution is 1.17. The Labute approximate surface area is 298 Å². The first-order valence-electron chi connectivity index (χ1n) is 17.5. The first-order valence-corrected chi connectivity index (χ1v) is 17.5. The molecule has 0 saturated heterocycles.